The predicted molar refractivity (Wildman–Crippen MR) is 96.4 cm³/mol. The zero-order valence-corrected chi connectivity index (χ0v) is 15.4. The SMILES string of the molecule is C[C@H](CSc1ccc(F)cc1)C(=O)NCC1([C@@H](C)CCO)CCC1. The van der Waals surface area contributed by atoms with Gasteiger partial charge in [0.1, 0.15) is 5.82 Å². The van der Waals surface area contributed by atoms with Crippen molar-refractivity contribution in [2.75, 3.05) is 18.9 Å². The minimum absolute atomic E-state index is 0.0760. The van der Waals surface area contributed by atoms with Gasteiger partial charge in [-0.2, -0.15) is 0 Å². The molecule has 1 aromatic rings. The van der Waals surface area contributed by atoms with Crippen LogP contribution < -0.4 is 5.32 Å². The zero-order chi connectivity index (χ0) is 17.6. The third kappa shape index (κ3) is 4.96. The number of halogens is 1. The lowest BCUT2D eigenvalue weighted by molar-refractivity contribution is -0.125. The molecular formula is C19H28FNO2S. The first kappa shape index (κ1) is 19.3. The highest BCUT2D eigenvalue weighted by Crippen LogP contribution is 2.47. The molecule has 2 N–H and O–H groups in total. The Balaban J connectivity index is 1.77. The van der Waals surface area contributed by atoms with Crippen LogP contribution in [0.5, 0.6) is 0 Å². The van der Waals surface area contributed by atoms with Crippen LogP contribution in [0, 0.1) is 23.1 Å². The first-order valence-electron chi connectivity index (χ1n) is 8.74. The summed E-state index contributed by atoms with van der Waals surface area (Å²) in [6, 6.07) is 6.36. The molecule has 1 aliphatic carbocycles. The van der Waals surface area contributed by atoms with Crippen LogP contribution >= 0.6 is 11.8 Å². The molecule has 0 aliphatic heterocycles. The van der Waals surface area contributed by atoms with Gasteiger partial charge in [0.15, 0.2) is 0 Å². The molecule has 1 fully saturated rings. The van der Waals surface area contributed by atoms with E-state index in [0.717, 1.165) is 24.2 Å². The van der Waals surface area contributed by atoms with E-state index in [1.54, 1.807) is 23.9 Å². The Morgan fingerprint density at radius 2 is 2.00 bits per heavy atom. The van der Waals surface area contributed by atoms with Gasteiger partial charge in [-0.25, -0.2) is 4.39 Å². The largest absolute Gasteiger partial charge is 0.396 e. The number of hydrogen-bond acceptors (Lipinski definition) is 3. The molecule has 0 spiro atoms. The summed E-state index contributed by atoms with van der Waals surface area (Å²) in [6.45, 7) is 5.02. The minimum atomic E-state index is -0.243. The number of benzene rings is 1. The fourth-order valence-corrected chi connectivity index (χ4v) is 4.16. The molecule has 5 heteroatoms. The van der Waals surface area contributed by atoms with Crippen LogP contribution in [0.15, 0.2) is 29.2 Å². The van der Waals surface area contributed by atoms with Gasteiger partial charge < -0.3 is 10.4 Å². The Morgan fingerprint density at radius 3 is 2.54 bits per heavy atom. The molecule has 3 nitrogen and oxygen atoms in total. The lowest BCUT2D eigenvalue weighted by atomic mass is 9.60. The fraction of sp³-hybridized carbons (Fsp3) is 0.632. The van der Waals surface area contributed by atoms with Crippen molar-refractivity contribution in [3.8, 4) is 0 Å². The van der Waals surface area contributed by atoms with Crippen molar-refractivity contribution in [2.45, 2.75) is 44.4 Å². The van der Waals surface area contributed by atoms with Crippen LogP contribution in [0.2, 0.25) is 0 Å². The van der Waals surface area contributed by atoms with Crippen LogP contribution in [0.3, 0.4) is 0 Å². The van der Waals surface area contributed by atoms with Gasteiger partial charge in [-0.3, -0.25) is 4.79 Å². The molecule has 2 rings (SSSR count). The van der Waals surface area contributed by atoms with Crippen molar-refractivity contribution in [1.82, 2.24) is 5.32 Å². The summed E-state index contributed by atoms with van der Waals surface area (Å²) in [6.07, 6.45) is 4.27. The molecular weight excluding hydrogens is 325 g/mol. The molecule has 0 unspecified atom stereocenters. The van der Waals surface area contributed by atoms with Gasteiger partial charge >= 0.3 is 0 Å². The maximum atomic E-state index is 12.9. The van der Waals surface area contributed by atoms with E-state index >= 15 is 0 Å². The smallest absolute Gasteiger partial charge is 0.223 e. The molecule has 1 aromatic carbocycles. The minimum Gasteiger partial charge on any atom is -0.396 e. The lowest BCUT2D eigenvalue weighted by Gasteiger charge is -2.47. The van der Waals surface area contributed by atoms with Crippen LogP contribution in [-0.2, 0) is 4.79 Å². The summed E-state index contributed by atoms with van der Waals surface area (Å²) in [5, 5.41) is 12.3. The average molecular weight is 354 g/mol. The molecule has 1 aliphatic rings. The van der Waals surface area contributed by atoms with Gasteiger partial charge in [0.05, 0.1) is 0 Å². The maximum absolute atomic E-state index is 12.9. The molecule has 0 heterocycles. The van der Waals surface area contributed by atoms with Crippen molar-refractivity contribution in [1.29, 1.82) is 0 Å². The average Bonchev–Trinajstić information content (AvgIpc) is 2.53. The zero-order valence-electron chi connectivity index (χ0n) is 14.6. The molecule has 0 bridgehead atoms. The molecule has 0 radical (unpaired) electrons. The number of rotatable bonds is 9. The second kappa shape index (κ2) is 8.86. The van der Waals surface area contributed by atoms with Crippen LogP contribution in [-0.4, -0.2) is 29.9 Å². The van der Waals surface area contributed by atoms with Crippen molar-refractivity contribution in [3.63, 3.8) is 0 Å². The fourth-order valence-electron chi connectivity index (χ4n) is 3.24. The van der Waals surface area contributed by atoms with Crippen molar-refractivity contribution >= 4 is 17.7 Å². The maximum Gasteiger partial charge on any atom is 0.223 e. The number of aliphatic hydroxyl groups excluding tert-OH is 1. The van der Waals surface area contributed by atoms with E-state index < -0.39 is 0 Å². The van der Waals surface area contributed by atoms with Crippen molar-refractivity contribution < 1.29 is 14.3 Å². The lowest BCUT2D eigenvalue weighted by Crippen LogP contribution is -2.47. The van der Waals surface area contributed by atoms with Crippen molar-refractivity contribution in [2.24, 2.45) is 17.3 Å². The number of hydrogen-bond donors (Lipinski definition) is 2. The van der Waals surface area contributed by atoms with Crippen LogP contribution in [0.1, 0.15) is 39.5 Å². The Kier molecular flexibility index (Phi) is 7.11. The van der Waals surface area contributed by atoms with Crippen LogP contribution in [0.25, 0.3) is 0 Å². The van der Waals surface area contributed by atoms with Crippen LogP contribution in [0.4, 0.5) is 4.39 Å². The quantitative estimate of drug-likeness (QED) is 0.663. The topological polar surface area (TPSA) is 49.3 Å². The van der Waals surface area contributed by atoms with Gasteiger partial charge in [-0.1, -0.05) is 20.3 Å². The van der Waals surface area contributed by atoms with Crippen molar-refractivity contribution in [3.05, 3.63) is 30.1 Å². The Labute approximate surface area is 148 Å². The van der Waals surface area contributed by atoms with Gasteiger partial charge in [0.2, 0.25) is 5.91 Å². The first-order chi connectivity index (χ1) is 11.5. The van der Waals surface area contributed by atoms with E-state index in [9.17, 15) is 9.18 Å². The van der Waals surface area contributed by atoms with E-state index in [2.05, 4.69) is 12.2 Å². The second-order valence-electron chi connectivity index (χ2n) is 7.01. The summed E-state index contributed by atoms with van der Waals surface area (Å²) >= 11 is 1.57. The van der Waals surface area contributed by atoms with Gasteiger partial charge in [0, 0.05) is 29.7 Å². The first-order valence-corrected chi connectivity index (χ1v) is 9.72. The molecule has 1 saturated carbocycles. The molecule has 134 valence electrons. The highest BCUT2D eigenvalue weighted by Gasteiger charge is 2.41. The molecule has 24 heavy (non-hydrogen) atoms. The van der Waals surface area contributed by atoms with Gasteiger partial charge in [-0.05, 0) is 54.9 Å². The van der Waals surface area contributed by atoms with E-state index in [1.807, 2.05) is 6.92 Å². The summed E-state index contributed by atoms with van der Waals surface area (Å²) < 4.78 is 12.9. The summed E-state index contributed by atoms with van der Waals surface area (Å²) in [4.78, 5) is 13.3. The van der Waals surface area contributed by atoms with Gasteiger partial charge in [-0.15, -0.1) is 11.8 Å². The number of amides is 1. The van der Waals surface area contributed by atoms with Gasteiger partial charge in [0.25, 0.3) is 0 Å². The Hall–Kier alpha value is -1.07. The monoisotopic (exact) mass is 353 g/mol. The third-order valence-electron chi connectivity index (χ3n) is 5.33. The van der Waals surface area contributed by atoms with E-state index in [4.69, 9.17) is 5.11 Å². The second-order valence-corrected chi connectivity index (χ2v) is 8.11. The summed E-state index contributed by atoms with van der Waals surface area (Å²) in [5.74, 6) is 0.849. The highest BCUT2D eigenvalue weighted by atomic mass is 32.2. The third-order valence-corrected chi connectivity index (χ3v) is 6.60. The number of thioether (sulfide) groups is 1. The number of carbonyl (C=O) groups is 1. The summed E-state index contributed by atoms with van der Waals surface area (Å²) in [7, 11) is 0. The van der Waals surface area contributed by atoms with E-state index in [-0.39, 0.29) is 29.7 Å². The molecule has 0 aromatic heterocycles. The van der Waals surface area contributed by atoms with E-state index in [1.165, 1.54) is 18.6 Å². The number of carbonyl (C=O) groups excluding carboxylic acids is 1. The highest BCUT2D eigenvalue weighted by molar-refractivity contribution is 7.99. The Bertz CT molecular complexity index is 531. The van der Waals surface area contributed by atoms with E-state index in [0.29, 0.717) is 18.2 Å². The predicted octanol–water partition coefficient (Wildman–Crippen LogP) is 3.86. The number of aliphatic hydroxyl groups is 1. The summed E-state index contributed by atoms with van der Waals surface area (Å²) in [5.41, 5.74) is 0.169. The Morgan fingerprint density at radius 1 is 1.33 bits per heavy atom. The molecule has 1 amide bonds. The normalized spacial score (nSPS) is 18.5. The number of nitrogens with one attached hydrogen (secondary N) is 1. The standard InChI is InChI=1S/C19H28FNO2S/c1-14(12-24-17-6-4-16(20)5-7-17)18(23)21-13-19(9-3-10-19)15(2)8-11-22/h4-7,14-15,22H,3,8-13H2,1-2H3,(H,21,23)/t14-,15+/m1/s1. The molecule has 2 atom stereocenters. The molecule has 0 saturated heterocycles.